The average molecular weight is 436 g/mol. The van der Waals surface area contributed by atoms with E-state index in [9.17, 15) is 4.39 Å². The topological polar surface area (TPSA) is 31.5 Å². The number of nitrogens with zero attached hydrogens (tertiary/aromatic N) is 2. The monoisotopic (exact) mass is 435 g/mol. The van der Waals surface area contributed by atoms with Crippen molar-refractivity contribution in [2.75, 3.05) is 32.7 Å². The normalized spacial score (nSPS) is 20.3. The first-order valence-corrected chi connectivity index (χ1v) is 11.9. The van der Waals surface area contributed by atoms with Gasteiger partial charge in [0.1, 0.15) is 17.5 Å². The molecule has 2 aliphatic heterocycles. The van der Waals surface area contributed by atoms with Crippen LogP contribution in [-0.2, 0) is 6.42 Å². The van der Waals surface area contributed by atoms with Crippen LogP contribution in [0.15, 0.2) is 48.5 Å². The van der Waals surface area contributed by atoms with Gasteiger partial charge in [0.15, 0.2) is 0 Å². The zero-order valence-corrected chi connectivity index (χ0v) is 19.4. The summed E-state index contributed by atoms with van der Waals surface area (Å²) in [5, 5.41) is 1.29. The number of hydrogen-bond acceptors (Lipinski definition) is 3. The highest BCUT2D eigenvalue weighted by Crippen LogP contribution is 2.39. The van der Waals surface area contributed by atoms with E-state index >= 15 is 0 Å². The lowest BCUT2D eigenvalue weighted by molar-refractivity contribution is 0.0202. The van der Waals surface area contributed by atoms with Gasteiger partial charge in [-0.2, -0.15) is 0 Å². The minimum atomic E-state index is -1.25. The quantitative estimate of drug-likeness (QED) is 0.544. The standard InChI is InChI=1S/C27H34FN3O/c1-4-14-30-16-21(17-30)32-20-11-9-19(10-12-20)26-25-23(13-15-31(26)18-27(2,3)28)22-7-5-6-8-24(22)29-25/h5-12,21,26,29H,4,13-18H2,1-3H3. The molecule has 32 heavy (non-hydrogen) atoms. The molecule has 1 N–H and O–H groups in total. The van der Waals surface area contributed by atoms with Crippen LogP contribution in [0.1, 0.15) is 50.1 Å². The number of para-hydroxylation sites is 1. The number of aromatic nitrogens is 1. The lowest BCUT2D eigenvalue weighted by atomic mass is 9.91. The fourth-order valence-corrected chi connectivity index (χ4v) is 5.34. The van der Waals surface area contributed by atoms with Gasteiger partial charge in [-0.15, -0.1) is 0 Å². The van der Waals surface area contributed by atoms with Gasteiger partial charge in [-0.05, 0) is 62.6 Å². The molecule has 2 aliphatic rings. The maximum Gasteiger partial charge on any atom is 0.124 e. The summed E-state index contributed by atoms with van der Waals surface area (Å²) < 4.78 is 20.9. The molecular formula is C27H34FN3O. The first-order valence-electron chi connectivity index (χ1n) is 11.9. The number of alkyl halides is 1. The maximum absolute atomic E-state index is 14.7. The minimum Gasteiger partial charge on any atom is -0.488 e. The zero-order valence-electron chi connectivity index (χ0n) is 19.4. The van der Waals surface area contributed by atoms with Crippen LogP contribution in [-0.4, -0.2) is 59.3 Å². The van der Waals surface area contributed by atoms with Crippen LogP contribution in [0.3, 0.4) is 0 Å². The average Bonchev–Trinajstić information content (AvgIpc) is 3.10. The molecule has 1 fully saturated rings. The fourth-order valence-electron chi connectivity index (χ4n) is 5.34. The van der Waals surface area contributed by atoms with E-state index < -0.39 is 5.67 Å². The molecule has 1 saturated heterocycles. The number of fused-ring (bicyclic) bond motifs is 3. The Morgan fingerprint density at radius 1 is 1.09 bits per heavy atom. The molecule has 0 spiro atoms. The third-order valence-electron chi connectivity index (χ3n) is 6.68. The second-order valence-corrected chi connectivity index (χ2v) is 9.97. The summed E-state index contributed by atoms with van der Waals surface area (Å²) >= 11 is 0. The highest BCUT2D eigenvalue weighted by molar-refractivity contribution is 5.85. The van der Waals surface area contributed by atoms with Crippen molar-refractivity contribution < 1.29 is 9.13 Å². The van der Waals surface area contributed by atoms with Gasteiger partial charge >= 0.3 is 0 Å². The van der Waals surface area contributed by atoms with Gasteiger partial charge in [0.05, 0.1) is 6.04 Å². The molecule has 3 heterocycles. The summed E-state index contributed by atoms with van der Waals surface area (Å²) in [7, 11) is 0. The number of ether oxygens (including phenoxy) is 1. The SMILES string of the molecule is CCCN1CC(Oc2ccc(C3c4[nH]c5ccccc5c4CCN3CC(C)(C)F)cc2)C1. The van der Waals surface area contributed by atoms with E-state index in [-0.39, 0.29) is 12.1 Å². The zero-order chi connectivity index (χ0) is 22.3. The number of likely N-dealkylation sites (tertiary alicyclic amines) is 1. The third kappa shape index (κ3) is 4.28. The molecule has 2 aromatic carbocycles. The summed E-state index contributed by atoms with van der Waals surface area (Å²) in [6.07, 6.45) is 2.40. The summed E-state index contributed by atoms with van der Waals surface area (Å²) in [6.45, 7) is 9.97. The molecule has 0 amide bonds. The number of H-pyrrole nitrogens is 1. The number of rotatable bonds is 7. The van der Waals surface area contributed by atoms with Crippen molar-refractivity contribution in [1.29, 1.82) is 0 Å². The Bertz CT molecular complexity index is 1060. The van der Waals surface area contributed by atoms with Crippen molar-refractivity contribution in [1.82, 2.24) is 14.8 Å². The molecule has 5 heteroatoms. The van der Waals surface area contributed by atoms with Gasteiger partial charge in [-0.25, -0.2) is 4.39 Å². The lowest BCUT2D eigenvalue weighted by Gasteiger charge is -2.39. The maximum atomic E-state index is 14.7. The van der Waals surface area contributed by atoms with Gasteiger partial charge < -0.3 is 9.72 Å². The summed E-state index contributed by atoms with van der Waals surface area (Å²) in [5.74, 6) is 0.917. The number of benzene rings is 2. The lowest BCUT2D eigenvalue weighted by Crippen LogP contribution is -2.53. The molecule has 0 aliphatic carbocycles. The number of halogens is 1. The highest BCUT2D eigenvalue weighted by atomic mass is 19.1. The largest absolute Gasteiger partial charge is 0.488 e. The molecule has 0 bridgehead atoms. The molecule has 1 aromatic heterocycles. The molecule has 1 unspecified atom stereocenters. The Kier molecular flexibility index (Phi) is 5.72. The summed E-state index contributed by atoms with van der Waals surface area (Å²) in [6, 6.07) is 17.0. The van der Waals surface area contributed by atoms with Crippen molar-refractivity contribution in [3.8, 4) is 5.75 Å². The minimum absolute atomic E-state index is 0.0129. The van der Waals surface area contributed by atoms with Gasteiger partial charge in [0, 0.05) is 42.8 Å². The van der Waals surface area contributed by atoms with Crippen LogP contribution < -0.4 is 4.74 Å². The second kappa shape index (κ2) is 8.53. The van der Waals surface area contributed by atoms with Crippen molar-refractivity contribution in [2.45, 2.75) is 51.4 Å². The van der Waals surface area contributed by atoms with E-state index in [4.69, 9.17) is 4.74 Å². The molecule has 170 valence electrons. The van der Waals surface area contributed by atoms with Crippen molar-refractivity contribution in [3.63, 3.8) is 0 Å². The van der Waals surface area contributed by atoms with E-state index in [2.05, 4.69) is 70.2 Å². The van der Waals surface area contributed by atoms with Gasteiger partial charge in [0.2, 0.25) is 0 Å². The summed E-state index contributed by atoms with van der Waals surface area (Å²) in [4.78, 5) is 8.37. The van der Waals surface area contributed by atoms with E-state index in [1.54, 1.807) is 13.8 Å². The van der Waals surface area contributed by atoms with Crippen LogP contribution in [0.2, 0.25) is 0 Å². The van der Waals surface area contributed by atoms with Crippen LogP contribution >= 0.6 is 0 Å². The third-order valence-corrected chi connectivity index (χ3v) is 6.68. The van der Waals surface area contributed by atoms with E-state index in [1.807, 2.05) is 0 Å². The first kappa shape index (κ1) is 21.5. The molecule has 3 aromatic rings. The molecule has 5 rings (SSSR count). The summed E-state index contributed by atoms with van der Waals surface area (Å²) in [5.41, 5.74) is 3.65. The Morgan fingerprint density at radius 3 is 2.56 bits per heavy atom. The van der Waals surface area contributed by atoms with Crippen molar-refractivity contribution >= 4 is 10.9 Å². The van der Waals surface area contributed by atoms with Crippen LogP contribution in [0.4, 0.5) is 4.39 Å². The van der Waals surface area contributed by atoms with Crippen LogP contribution in [0.5, 0.6) is 5.75 Å². The van der Waals surface area contributed by atoms with E-state index in [1.165, 1.54) is 28.6 Å². The molecule has 0 saturated carbocycles. The number of nitrogens with one attached hydrogen (secondary N) is 1. The fraction of sp³-hybridized carbons (Fsp3) is 0.481. The van der Waals surface area contributed by atoms with Gasteiger partial charge in [-0.3, -0.25) is 9.80 Å². The Balaban J connectivity index is 1.41. The Hall–Kier alpha value is -2.37. The second-order valence-electron chi connectivity index (χ2n) is 9.97. The van der Waals surface area contributed by atoms with E-state index in [0.29, 0.717) is 6.54 Å². The molecule has 0 radical (unpaired) electrons. The molecular weight excluding hydrogens is 401 g/mol. The van der Waals surface area contributed by atoms with Crippen molar-refractivity contribution in [2.24, 2.45) is 0 Å². The number of aromatic amines is 1. The predicted octanol–water partition coefficient (Wildman–Crippen LogP) is 5.34. The Morgan fingerprint density at radius 2 is 1.84 bits per heavy atom. The van der Waals surface area contributed by atoms with Crippen LogP contribution in [0, 0.1) is 0 Å². The highest BCUT2D eigenvalue weighted by Gasteiger charge is 2.35. The first-order chi connectivity index (χ1) is 15.4. The smallest absolute Gasteiger partial charge is 0.124 e. The van der Waals surface area contributed by atoms with E-state index in [0.717, 1.165) is 43.9 Å². The van der Waals surface area contributed by atoms with Crippen molar-refractivity contribution in [3.05, 3.63) is 65.4 Å². The Labute approximate surface area is 190 Å². The van der Waals surface area contributed by atoms with Gasteiger partial charge in [-0.1, -0.05) is 37.3 Å². The van der Waals surface area contributed by atoms with Crippen LogP contribution in [0.25, 0.3) is 10.9 Å². The molecule has 1 atom stereocenters. The van der Waals surface area contributed by atoms with Gasteiger partial charge in [0.25, 0.3) is 0 Å². The predicted molar refractivity (Wildman–Crippen MR) is 128 cm³/mol. The number of hydrogen-bond donors (Lipinski definition) is 1. The molecule has 4 nitrogen and oxygen atoms in total.